The molecule has 1 fully saturated rings. The highest BCUT2D eigenvalue weighted by molar-refractivity contribution is 7.92. The molecule has 1 atom stereocenters. The molecule has 0 bridgehead atoms. The summed E-state index contributed by atoms with van der Waals surface area (Å²) >= 11 is 0. The van der Waals surface area contributed by atoms with E-state index in [2.05, 4.69) is 19.7 Å². The lowest BCUT2D eigenvalue weighted by Crippen LogP contribution is -2.45. The van der Waals surface area contributed by atoms with E-state index in [1.165, 1.54) is 42.5 Å². The fraction of sp³-hybridized carbons (Fsp3) is 0.387. The number of carbonyl (C=O) groups excluding carboxylic acids is 1. The van der Waals surface area contributed by atoms with Gasteiger partial charge in [0, 0.05) is 49.5 Å². The zero-order chi connectivity index (χ0) is 33.3. The Balaban J connectivity index is 1.20. The number of hydrogen-bond acceptors (Lipinski definition) is 11. The van der Waals surface area contributed by atoms with Gasteiger partial charge in [0.25, 0.3) is 10.0 Å². The zero-order valence-corrected chi connectivity index (χ0v) is 27.3. The summed E-state index contributed by atoms with van der Waals surface area (Å²) < 4.78 is 64.2. The van der Waals surface area contributed by atoms with Crippen LogP contribution in [0.3, 0.4) is 0 Å². The molecule has 250 valence electrons. The zero-order valence-electron chi connectivity index (χ0n) is 25.7. The molecule has 0 saturated carbocycles. The summed E-state index contributed by atoms with van der Waals surface area (Å²) in [5, 5.41) is 23.6. The van der Waals surface area contributed by atoms with Crippen molar-refractivity contribution in [1.82, 2.24) is 5.32 Å². The highest BCUT2D eigenvalue weighted by Crippen LogP contribution is 2.29. The molecule has 1 aliphatic rings. The Hall–Kier alpha value is -4.05. The molecule has 1 aliphatic heterocycles. The average molecular weight is 677 g/mol. The van der Waals surface area contributed by atoms with Crippen molar-refractivity contribution in [2.45, 2.75) is 49.6 Å². The van der Waals surface area contributed by atoms with Gasteiger partial charge in [-0.25, -0.2) is 16.8 Å². The maximum absolute atomic E-state index is 12.9. The summed E-state index contributed by atoms with van der Waals surface area (Å²) in [6, 6.07) is 17.2. The molecular weight excluding hydrogens is 636 g/mol. The number of aliphatic hydroxyl groups excluding tert-OH is 1. The Morgan fingerprint density at radius 1 is 0.957 bits per heavy atom. The van der Waals surface area contributed by atoms with Gasteiger partial charge in [-0.3, -0.25) is 14.2 Å². The van der Waals surface area contributed by atoms with Crippen molar-refractivity contribution in [3.63, 3.8) is 0 Å². The first-order chi connectivity index (χ1) is 21.8. The summed E-state index contributed by atoms with van der Waals surface area (Å²) in [5.41, 5.74) is 1.38. The van der Waals surface area contributed by atoms with E-state index in [0.29, 0.717) is 24.4 Å². The number of piperidine rings is 1. The summed E-state index contributed by atoms with van der Waals surface area (Å²) in [7, 11) is -7.41. The van der Waals surface area contributed by atoms with E-state index < -0.39 is 26.2 Å². The van der Waals surface area contributed by atoms with Crippen molar-refractivity contribution in [2.24, 2.45) is 0 Å². The summed E-state index contributed by atoms with van der Waals surface area (Å²) in [6.45, 7) is 3.69. The number of nitrogens with one attached hydrogen (secondary N) is 3. The van der Waals surface area contributed by atoms with Crippen LogP contribution in [0.5, 0.6) is 17.2 Å². The van der Waals surface area contributed by atoms with Gasteiger partial charge in [0.2, 0.25) is 10.0 Å². The molecule has 0 amide bonds. The van der Waals surface area contributed by atoms with Gasteiger partial charge in [-0.05, 0) is 79.9 Å². The number of carbonyl (C=O) groups is 1. The second-order valence-corrected chi connectivity index (χ2v) is 14.5. The number of esters is 1. The second-order valence-electron chi connectivity index (χ2n) is 11.0. The molecule has 15 heteroatoms. The number of hydrogen-bond donors (Lipinski definition) is 5. The highest BCUT2D eigenvalue weighted by Gasteiger charge is 2.21. The molecule has 5 N–H and O–H groups in total. The van der Waals surface area contributed by atoms with E-state index in [1.807, 2.05) is 19.1 Å². The quantitative estimate of drug-likeness (QED) is 0.0905. The molecule has 0 aromatic heterocycles. The van der Waals surface area contributed by atoms with Crippen LogP contribution in [-0.2, 0) is 24.8 Å². The molecule has 0 spiro atoms. The third kappa shape index (κ3) is 10.5. The topological polar surface area (TPSA) is 184 Å². The number of phenols is 1. The second kappa shape index (κ2) is 15.5. The summed E-state index contributed by atoms with van der Waals surface area (Å²) in [4.78, 5) is 13.9. The smallest absolute Gasteiger partial charge is 0.311 e. The van der Waals surface area contributed by atoms with Gasteiger partial charge in [-0.1, -0.05) is 6.92 Å². The minimum atomic E-state index is -3.83. The molecule has 3 aromatic carbocycles. The van der Waals surface area contributed by atoms with Crippen molar-refractivity contribution in [2.75, 3.05) is 46.8 Å². The Bertz CT molecular complexity index is 1680. The van der Waals surface area contributed by atoms with E-state index >= 15 is 0 Å². The Morgan fingerprint density at radius 3 is 2.24 bits per heavy atom. The van der Waals surface area contributed by atoms with Gasteiger partial charge in [0.05, 0.1) is 16.8 Å². The van der Waals surface area contributed by atoms with Crippen molar-refractivity contribution < 1.29 is 41.3 Å². The predicted octanol–water partition coefficient (Wildman–Crippen LogP) is 3.27. The Labute approximate surface area is 269 Å². The van der Waals surface area contributed by atoms with Gasteiger partial charge in [-0.2, -0.15) is 0 Å². The molecule has 4 rings (SSSR count). The number of nitrogens with zero attached hydrogens (tertiary/aromatic N) is 1. The molecule has 0 aliphatic carbocycles. The molecule has 13 nitrogen and oxygen atoms in total. The third-order valence-corrected chi connectivity index (χ3v) is 9.14. The van der Waals surface area contributed by atoms with Crippen LogP contribution in [0.1, 0.15) is 32.6 Å². The molecule has 1 saturated heterocycles. The first-order valence-electron chi connectivity index (χ1n) is 14.8. The van der Waals surface area contributed by atoms with Gasteiger partial charge in [0.15, 0.2) is 0 Å². The minimum Gasteiger partial charge on any atom is -0.506 e. The Kier molecular flexibility index (Phi) is 11.7. The monoisotopic (exact) mass is 676 g/mol. The number of aliphatic hydroxyl groups is 1. The van der Waals surface area contributed by atoms with Crippen LogP contribution in [0.25, 0.3) is 0 Å². The largest absolute Gasteiger partial charge is 0.506 e. The standard InChI is InChI=1S/C31H40N4O9S2/c1-3-4-31(38)44-26-9-12-28(13-10-26)46(41,42)33-23-5-7-24(8-6-23)35-17-15-22(16-18-35)32-20-25(36)21-43-27-11-14-30(37)29(19-27)34-45(2,39)40/h5-14,19,22,25,32-34,36-37H,3-4,15-18,20-21H2,1-2H3/t25-/m0/s1. The lowest BCUT2D eigenvalue weighted by Gasteiger charge is -2.34. The van der Waals surface area contributed by atoms with Crippen LogP contribution >= 0.6 is 0 Å². The predicted molar refractivity (Wildman–Crippen MR) is 176 cm³/mol. The van der Waals surface area contributed by atoms with Crippen molar-refractivity contribution in [3.05, 3.63) is 66.7 Å². The van der Waals surface area contributed by atoms with Gasteiger partial charge in [0.1, 0.15) is 30.0 Å². The molecule has 0 radical (unpaired) electrons. The number of ether oxygens (including phenoxy) is 2. The summed E-state index contributed by atoms with van der Waals surface area (Å²) in [5.74, 6) is -0.0135. The van der Waals surface area contributed by atoms with Gasteiger partial charge < -0.3 is 29.9 Å². The third-order valence-electron chi connectivity index (χ3n) is 7.15. The fourth-order valence-corrected chi connectivity index (χ4v) is 6.43. The van der Waals surface area contributed by atoms with E-state index in [9.17, 15) is 31.8 Å². The molecule has 0 unspecified atom stereocenters. The first kappa shape index (κ1) is 34.8. The number of aromatic hydroxyl groups is 1. The Morgan fingerprint density at radius 2 is 1.61 bits per heavy atom. The molecule has 3 aromatic rings. The SMILES string of the molecule is CCCC(=O)Oc1ccc(S(=O)(=O)Nc2ccc(N3CCC(NC[C@H](O)COc4ccc(O)c(NS(C)(=O)=O)c4)CC3)cc2)cc1. The minimum absolute atomic E-state index is 0.00894. The maximum Gasteiger partial charge on any atom is 0.311 e. The van der Waals surface area contributed by atoms with Crippen molar-refractivity contribution in [3.8, 4) is 17.2 Å². The lowest BCUT2D eigenvalue weighted by molar-refractivity contribution is -0.134. The number of sulfonamides is 2. The number of rotatable bonds is 15. The van der Waals surface area contributed by atoms with Gasteiger partial charge >= 0.3 is 5.97 Å². The molecule has 46 heavy (non-hydrogen) atoms. The van der Waals surface area contributed by atoms with Crippen molar-refractivity contribution in [1.29, 1.82) is 0 Å². The molecular formula is C31H40N4O9S2. The summed E-state index contributed by atoms with van der Waals surface area (Å²) in [6.07, 6.45) is 2.79. The van der Waals surface area contributed by atoms with Crippen molar-refractivity contribution >= 4 is 43.1 Å². The molecule has 1 heterocycles. The van der Waals surface area contributed by atoms with Crippen LogP contribution in [-0.4, -0.2) is 77.7 Å². The number of benzene rings is 3. The lowest BCUT2D eigenvalue weighted by atomic mass is 10.0. The van der Waals surface area contributed by atoms with Crippen LogP contribution in [0.4, 0.5) is 17.1 Å². The van der Waals surface area contributed by atoms with E-state index in [-0.39, 0.29) is 47.1 Å². The first-order valence-corrected chi connectivity index (χ1v) is 18.2. The van der Waals surface area contributed by atoms with Crippen LogP contribution in [0.2, 0.25) is 0 Å². The van der Waals surface area contributed by atoms with E-state index in [4.69, 9.17) is 9.47 Å². The number of anilines is 3. The number of phenolic OH excluding ortho intramolecular Hbond substituents is 1. The van der Waals surface area contributed by atoms with E-state index in [1.54, 1.807) is 12.1 Å². The maximum atomic E-state index is 12.9. The fourth-order valence-electron chi connectivity index (χ4n) is 4.81. The van der Waals surface area contributed by atoms with Crippen LogP contribution in [0, 0.1) is 0 Å². The van der Waals surface area contributed by atoms with Gasteiger partial charge in [-0.15, -0.1) is 0 Å². The van der Waals surface area contributed by atoms with Crippen LogP contribution in [0.15, 0.2) is 71.6 Å². The van der Waals surface area contributed by atoms with Crippen LogP contribution < -0.4 is 29.1 Å². The average Bonchev–Trinajstić information content (AvgIpc) is 3.00. The van der Waals surface area contributed by atoms with E-state index in [0.717, 1.165) is 37.9 Å². The normalized spacial score (nSPS) is 14.8. The highest BCUT2D eigenvalue weighted by atomic mass is 32.2.